The third-order valence-corrected chi connectivity index (χ3v) is 7.37. The first-order valence-electron chi connectivity index (χ1n) is 8.97. The van der Waals surface area contributed by atoms with Crippen LogP contribution in [0.2, 0.25) is 0 Å². The first-order valence-corrected chi connectivity index (χ1v) is 10.4. The Bertz CT molecular complexity index is 962. The van der Waals surface area contributed by atoms with Crippen molar-refractivity contribution < 1.29 is 17.9 Å². The highest BCUT2D eigenvalue weighted by atomic mass is 32.2. The van der Waals surface area contributed by atoms with E-state index in [9.17, 15) is 8.42 Å². The van der Waals surface area contributed by atoms with Gasteiger partial charge in [0.1, 0.15) is 4.90 Å². The fourth-order valence-electron chi connectivity index (χ4n) is 3.68. The Labute approximate surface area is 159 Å². The Kier molecular flexibility index (Phi) is 4.61. The molecule has 3 heterocycles. The van der Waals surface area contributed by atoms with Crippen LogP contribution in [-0.4, -0.2) is 60.4 Å². The molecule has 8 nitrogen and oxygen atoms in total. The summed E-state index contributed by atoms with van der Waals surface area (Å²) in [6.07, 6.45) is 0. The van der Waals surface area contributed by atoms with Crippen molar-refractivity contribution in [2.24, 2.45) is 7.05 Å². The number of fused-ring (bicyclic) bond motifs is 1. The lowest BCUT2D eigenvalue weighted by molar-refractivity contribution is 0.173. The molecule has 1 aromatic carbocycles. The standard InChI is InChI=1S/C18H24N4O4S/c1-13-18(14(2)20(3)19-13)27(23,24)22-8-6-21(7-9-22)11-15-4-5-16-17(10-15)26-12-25-16/h4-5,10H,6-9,11-12H2,1-3H3. The number of rotatable bonds is 4. The number of nitrogens with zero attached hydrogens (tertiary/aromatic N) is 4. The van der Waals surface area contributed by atoms with E-state index in [0.29, 0.717) is 42.5 Å². The van der Waals surface area contributed by atoms with Crippen LogP contribution in [0.1, 0.15) is 17.0 Å². The molecule has 4 rings (SSSR count). The predicted molar refractivity (Wildman–Crippen MR) is 99.3 cm³/mol. The molecule has 9 heteroatoms. The molecule has 0 N–H and O–H groups in total. The van der Waals surface area contributed by atoms with Gasteiger partial charge in [-0.2, -0.15) is 9.40 Å². The molecule has 1 aromatic heterocycles. The lowest BCUT2D eigenvalue weighted by Gasteiger charge is -2.34. The maximum atomic E-state index is 13.1. The van der Waals surface area contributed by atoms with E-state index in [1.54, 1.807) is 29.9 Å². The molecule has 0 amide bonds. The molecule has 27 heavy (non-hydrogen) atoms. The van der Waals surface area contributed by atoms with Gasteiger partial charge in [0, 0.05) is 39.8 Å². The minimum atomic E-state index is -3.52. The molecular formula is C18H24N4O4S. The van der Waals surface area contributed by atoms with Crippen molar-refractivity contribution in [3.8, 4) is 11.5 Å². The fraction of sp³-hybridized carbons (Fsp3) is 0.500. The minimum Gasteiger partial charge on any atom is -0.454 e. The first-order chi connectivity index (χ1) is 12.9. The molecule has 0 atom stereocenters. The summed E-state index contributed by atoms with van der Waals surface area (Å²) in [4.78, 5) is 2.60. The Morgan fingerprint density at radius 2 is 1.78 bits per heavy atom. The van der Waals surface area contributed by atoms with Crippen LogP contribution in [0.3, 0.4) is 0 Å². The predicted octanol–water partition coefficient (Wildman–Crippen LogP) is 1.27. The highest BCUT2D eigenvalue weighted by Gasteiger charge is 2.32. The number of hydrogen-bond acceptors (Lipinski definition) is 6. The van der Waals surface area contributed by atoms with E-state index >= 15 is 0 Å². The fourth-order valence-corrected chi connectivity index (χ4v) is 5.50. The number of aryl methyl sites for hydroxylation is 2. The van der Waals surface area contributed by atoms with Crippen LogP contribution in [0.4, 0.5) is 0 Å². The second-order valence-corrected chi connectivity index (χ2v) is 8.87. The van der Waals surface area contributed by atoms with Crippen molar-refractivity contribution >= 4 is 10.0 Å². The molecule has 2 aromatic rings. The summed E-state index contributed by atoms with van der Waals surface area (Å²) in [5.74, 6) is 1.55. The molecule has 0 radical (unpaired) electrons. The normalized spacial score (nSPS) is 18.2. The molecule has 1 fully saturated rings. The van der Waals surface area contributed by atoms with E-state index in [1.165, 1.54) is 0 Å². The number of hydrogen-bond donors (Lipinski definition) is 0. The third kappa shape index (κ3) is 3.30. The van der Waals surface area contributed by atoms with Gasteiger partial charge in [-0.25, -0.2) is 8.42 Å². The van der Waals surface area contributed by atoms with Gasteiger partial charge in [0.25, 0.3) is 0 Å². The van der Waals surface area contributed by atoms with E-state index < -0.39 is 10.0 Å². The summed E-state index contributed by atoms with van der Waals surface area (Å²) in [6.45, 7) is 6.88. The topological polar surface area (TPSA) is 76.9 Å². The zero-order valence-corrected chi connectivity index (χ0v) is 16.6. The molecule has 146 valence electrons. The molecule has 1 saturated heterocycles. The number of benzene rings is 1. The van der Waals surface area contributed by atoms with Gasteiger partial charge in [0.2, 0.25) is 16.8 Å². The molecule has 0 saturated carbocycles. The Hall–Kier alpha value is -2.10. The third-order valence-electron chi connectivity index (χ3n) is 5.21. The molecule has 0 unspecified atom stereocenters. The highest BCUT2D eigenvalue weighted by molar-refractivity contribution is 7.89. The number of aromatic nitrogens is 2. The Balaban J connectivity index is 1.43. The van der Waals surface area contributed by atoms with Crippen molar-refractivity contribution in [3.63, 3.8) is 0 Å². The molecular weight excluding hydrogens is 368 g/mol. The molecule has 2 aliphatic heterocycles. The largest absolute Gasteiger partial charge is 0.454 e. The summed E-state index contributed by atoms with van der Waals surface area (Å²) in [7, 11) is -1.75. The van der Waals surface area contributed by atoms with E-state index in [-0.39, 0.29) is 6.79 Å². The van der Waals surface area contributed by atoms with E-state index in [1.807, 2.05) is 18.2 Å². The van der Waals surface area contributed by atoms with Crippen LogP contribution in [0.25, 0.3) is 0 Å². The minimum absolute atomic E-state index is 0.266. The van der Waals surface area contributed by atoms with Gasteiger partial charge < -0.3 is 9.47 Å². The lowest BCUT2D eigenvalue weighted by atomic mass is 10.2. The lowest BCUT2D eigenvalue weighted by Crippen LogP contribution is -2.48. The number of sulfonamides is 1. The average molecular weight is 392 g/mol. The van der Waals surface area contributed by atoms with Crippen LogP contribution in [-0.2, 0) is 23.6 Å². The van der Waals surface area contributed by atoms with E-state index in [0.717, 1.165) is 23.6 Å². The van der Waals surface area contributed by atoms with Gasteiger partial charge in [-0.05, 0) is 31.5 Å². The van der Waals surface area contributed by atoms with E-state index in [4.69, 9.17) is 9.47 Å². The van der Waals surface area contributed by atoms with Crippen molar-refractivity contribution in [1.82, 2.24) is 19.0 Å². The quantitative estimate of drug-likeness (QED) is 0.780. The van der Waals surface area contributed by atoms with Crippen molar-refractivity contribution in [2.75, 3.05) is 33.0 Å². The molecule has 2 aliphatic rings. The Morgan fingerprint density at radius 1 is 1.07 bits per heavy atom. The molecule has 0 spiro atoms. The van der Waals surface area contributed by atoms with Crippen LogP contribution < -0.4 is 9.47 Å². The summed E-state index contributed by atoms with van der Waals surface area (Å²) >= 11 is 0. The summed E-state index contributed by atoms with van der Waals surface area (Å²) < 4.78 is 40.1. The second-order valence-electron chi connectivity index (χ2n) is 6.99. The molecule has 0 bridgehead atoms. The number of piperazine rings is 1. The molecule has 0 aliphatic carbocycles. The van der Waals surface area contributed by atoms with Gasteiger partial charge in [0.05, 0.1) is 11.4 Å². The van der Waals surface area contributed by atoms with E-state index in [2.05, 4.69) is 10.00 Å². The summed E-state index contributed by atoms with van der Waals surface area (Å²) in [6, 6.07) is 5.94. The van der Waals surface area contributed by atoms with Gasteiger partial charge in [-0.3, -0.25) is 9.58 Å². The van der Waals surface area contributed by atoms with Crippen molar-refractivity contribution in [1.29, 1.82) is 0 Å². The maximum Gasteiger partial charge on any atom is 0.246 e. The number of ether oxygens (including phenoxy) is 2. The van der Waals surface area contributed by atoms with Gasteiger partial charge >= 0.3 is 0 Å². The monoisotopic (exact) mass is 392 g/mol. The first kappa shape index (κ1) is 18.3. The van der Waals surface area contributed by atoms with Crippen molar-refractivity contribution in [3.05, 3.63) is 35.2 Å². The highest BCUT2D eigenvalue weighted by Crippen LogP contribution is 2.33. The zero-order chi connectivity index (χ0) is 19.2. The van der Waals surface area contributed by atoms with Gasteiger partial charge in [-0.15, -0.1) is 0 Å². The average Bonchev–Trinajstić information content (AvgIpc) is 3.19. The maximum absolute atomic E-state index is 13.1. The second kappa shape index (κ2) is 6.81. The van der Waals surface area contributed by atoms with Crippen LogP contribution in [0, 0.1) is 13.8 Å². The Morgan fingerprint density at radius 3 is 2.44 bits per heavy atom. The smallest absolute Gasteiger partial charge is 0.246 e. The van der Waals surface area contributed by atoms with Crippen molar-refractivity contribution in [2.45, 2.75) is 25.3 Å². The SMILES string of the molecule is Cc1nn(C)c(C)c1S(=O)(=O)N1CCN(Cc2ccc3c(c2)OCO3)CC1. The zero-order valence-electron chi connectivity index (χ0n) is 15.8. The van der Waals surface area contributed by atoms with Crippen LogP contribution in [0.5, 0.6) is 11.5 Å². The summed E-state index contributed by atoms with van der Waals surface area (Å²) in [5, 5.41) is 4.25. The van der Waals surface area contributed by atoms with Gasteiger partial charge in [-0.1, -0.05) is 6.07 Å². The van der Waals surface area contributed by atoms with Gasteiger partial charge in [0.15, 0.2) is 11.5 Å². The van der Waals surface area contributed by atoms with Crippen LogP contribution >= 0.6 is 0 Å². The summed E-state index contributed by atoms with van der Waals surface area (Å²) in [5.41, 5.74) is 2.36. The van der Waals surface area contributed by atoms with Crippen LogP contribution in [0.15, 0.2) is 23.1 Å².